The van der Waals surface area contributed by atoms with Gasteiger partial charge in [-0.25, -0.2) is 9.66 Å². The first kappa shape index (κ1) is 13.5. The van der Waals surface area contributed by atoms with Crippen molar-refractivity contribution in [3.05, 3.63) is 30.6 Å². The van der Waals surface area contributed by atoms with E-state index < -0.39 is 7.60 Å². The molecule has 0 bridgehead atoms. The maximum atomic E-state index is 10.7. The smallest absolute Gasteiger partial charge is 0.327 e. The highest BCUT2D eigenvalue weighted by Crippen LogP contribution is 2.33. The monoisotopic (exact) mass is 283 g/mol. The lowest BCUT2D eigenvalue weighted by atomic mass is 10.3. The number of imidazole rings is 1. The number of nitrogens with zero attached hydrogens (tertiary/aromatic N) is 3. The summed E-state index contributed by atoms with van der Waals surface area (Å²) >= 11 is 0. The van der Waals surface area contributed by atoms with E-state index >= 15 is 0 Å². The number of rotatable bonds is 4. The van der Waals surface area contributed by atoms with Crippen LogP contribution in [0, 0.1) is 0 Å². The van der Waals surface area contributed by atoms with E-state index in [4.69, 9.17) is 15.5 Å². The predicted octanol–water partition coefficient (Wildman–Crippen LogP) is 0.0722. The van der Waals surface area contributed by atoms with Gasteiger partial charge >= 0.3 is 7.60 Å². The van der Waals surface area contributed by atoms with E-state index in [1.54, 1.807) is 11.0 Å². The molecule has 0 aliphatic heterocycles. The van der Waals surface area contributed by atoms with Gasteiger partial charge in [0.15, 0.2) is 0 Å². The Hall–Kier alpha value is -1.89. The summed E-state index contributed by atoms with van der Waals surface area (Å²) in [4.78, 5) is 25.4. The van der Waals surface area contributed by atoms with Crippen LogP contribution in [0.4, 0.5) is 0 Å². The summed E-state index contributed by atoms with van der Waals surface area (Å²) in [6, 6.07) is 7.45. The highest BCUT2D eigenvalue weighted by atomic mass is 31.2. The molecule has 0 fully saturated rings. The molecular weight excluding hydrogens is 269 g/mol. The van der Waals surface area contributed by atoms with Gasteiger partial charge in [-0.05, 0) is 12.1 Å². The first-order valence-corrected chi connectivity index (χ1v) is 7.29. The molecule has 1 aromatic carbocycles. The van der Waals surface area contributed by atoms with Gasteiger partial charge in [-0.3, -0.25) is 15.0 Å². The maximum Gasteiger partial charge on any atom is 0.327 e. The van der Waals surface area contributed by atoms with Crippen LogP contribution >= 0.6 is 7.60 Å². The van der Waals surface area contributed by atoms with E-state index in [0.29, 0.717) is 0 Å². The van der Waals surface area contributed by atoms with Crippen molar-refractivity contribution in [1.29, 1.82) is 0 Å². The van der Waals surface area contributed by atoms with Crippen molar-refractivity contribution >= 4 is 24.6 Å². The molecule has 8 nitrogen and oxygen atoms in total. The number of nitrogens with two attached hydrogens (primary N) is 1. The first-order valence-electron chi connectivity index (χ1n) is 5.49. The van der Waals surface area contributed by atoms with Gasteiger partial charge in [0.25, 0.3) is 0 Å². The van der Waals surface area contributed by atoms with Crippen LogP contribution in [0.5, 0.6) is 0 Å². The van der Waals surface area contributed by atoms with Gasteiger partial charge in [0.05, 0.1) is 23.7 Å². The molecule has 1 aromatic heterocycles. The molecule has 9 heteroatoms. The third kappa shape index (κ3) is 3.78. The van der Waals surface area contributed by atoms with Gasteiger partial charge in [0, 0.05) is 0 Å². The lowest BCUT2D eigenvalue weighted by molar-refractivity contribution is 0.373. The molecular formula is C10H14N5O3P. The lowest BCUT2D eigenvalue weighted by Gasteiger charge is -2.07. The number of aliphatic imine (C=N–C) groups is 1. The summed E-state index contributed by atoms with van der Waals surface area (Å²) in [6.07, 6.45) is 1.22. The van der Waals surface area contributed by atoms with Crippen LogP contribution in [0.3, 0.4) is 0 Å². The minimum absolute atomic E-state index is 0.0459. The second-order valence-corrected chi connectivity index (χ2v) is 5.65. The molecule has 2 aromatic rings. The highest BCUT2D eigenvalue weighted by molar-refractivity contribution is 7.51. The molecule has 0 saturated carbocycles. The van der Waals surface area contributed by atoms with Crippen molar-refractivity contribution in [1.82, 2.24) is 9.66 Å². The molecule has 0 unspecified atom stereocenters. The summed E-state index contributed by atoms with van der Waals surface area (Å²) in [5.74, 6) is 0.0663. The summed E-state index contributed by atoms with van der Waals surface area (Å²) in [5.41, 5.74) is 10.0. The van der Waals surface area contributed by atoms with Crippen molar-refractivity contribution in [2.24, 2.45) is 10.7 Å². The van der Waals surface area contributed by atoms with E-state index in [0.717, 1.165) is 11.0 Å². The minimum atomic E-state index is -4.04. The zero-order chi connectivity index (χ0) is 13.9. The van der Waals surface area contributed by atoms with Gasteiger partial charge in [0.1, 0.15) is 6.33 Å². The molecule has 5 N–H and O–H groups in total. The number of hydrogen-bond acceptors (Lipinski definition) is 3. The van der Waals surface area contributed by atoms with E-state index in [9.17, 15) is 4.57 Å². The molecule has 0 radical (unpaired) electrons. The normalized spacial score (nSPS) is 12.8. The molecule has 0 atom stereocenters. The summed E-state index contributed by atoms with van der Waals surface area (Å²) in [6.45, 7) is -0.0459. The van der Waals surface area contributed by atoms with Crippen molar-refractivity contribution in [3.8, 4) is 0 Å². The highest BCUT2D eigenvalue weighted by Gasteiger charge is 2.11. The molecule has 1 heterocycles. The molecule has 0 aliphatic rings. The Morgan fingerprint density at radius 1 is 1.47 bits per heavy atom. The van der Waals surface area contributed by atoms with E-state index in [1.807, 2.05) is 24.3 Å². The molecule has 0 aliphatic carbocycles. The van der Waals surface area contributed by atoms with Crippen LogP contribution in [0.1, 0.15) is 0 Å². The van der Waals surface area contributed by atoms with E-state index in [2.05, 4.69) is 15.4 Å². The molecule has 0 spiro atoms. The zero-order valence-corrected chi connectivity index (χ0v) is 10.9. The third-order valence-electron chi connectivity index (χ3n) is 2.36. The zero-order valence-electron chi connectivity index (χ0n) is 9.97. The number of hydrogen-bond donors (Lipinski definition) is 4. The van der Waals surface area contributed by atoms with E-state index in [-0.39, 0.29) is 18.7 Å². The molecule has 0 amide bonds. The number of guanidine groups is 1. The van der Waals surface area contributed by atoms with Crippen LogP contribution in [0.2, 0.25) is 0 Å². The van der Waals surface area contributed by atoms with Gasteiger partial charge in [-0.1, -0.05) is 12.1 Å². The van der Waals surface area contributed by atoms with Crippen LogP contribution in [-0.4, -0.2) is 38.1 Å². The van der Waals surface area contributed by atoms with Crippen LogP contribution in [0.25, 0.3) is 11.0 Å². The van der Waals surface area contributed by atoms with Gasteiger partial charge in [0.2, 0.25) is 5.96 Å². The Morgan fingerprint density at radius 3 is 2.95 bits per heavy atom. The second-order valence-electron chi connectivity index (χ2n) is 3.87. The van der Waals surface area contributed by atoms with Crippen molar-refractivity contribution < 1.29 is 14.4 Å². The fourth-order valence-corrected chi connectivity index (χ4v) is 1.87. The number of nitrogens with one attached hydrogen (secondary N) is 1. The average Bonchev–Trinajstić information content (AvgIpc) is 2.71. The van der Waals surface area contributed by atoms with Gasteiger partial charge < -0.3 is 15.5 Å². The Labute approximate surface area is 109 Å². The average molecular weight is 283 g/mol. The summed E-state index contributed by atoms with van der Waals surface area (Å²) in [7, 11) is -4.04. The Bertz CT molecular complexity index is 647. The summed E-state index contributed by atoms with van der Waals surface area (Å²) < 4.78 is 12.2. The van der Waals surface area contributed by atoms with Crippen LogP contribution in [-0.2, 0) is 4.57 Å². The van der Waals surface area contributed by atoms with Gasteiger partial charge in [-0.2, -0.15) is 0 Å². The third-order valence-corrected chi connectivity index (χ3v) is 3.14. The van der Waals surface area contributed by atoms with Crippen LogP contribution < -0.4 is 11.2 Å². The lowest BCUT2D eigenvalue weighted by Crippen LogP contribution is -2.30. The van der Waals surface area contributed by atoms with Crippen molar-refractivity contribution in [2.75, 3.05) is 18.1 Å². The molecule has 19 heavy (non-hydrogen) atoms. The number of aromatic nitrogens is 2. The largest absolute Gasteiger partial charge is 0.369 e. The molecule has 2 rings (SSSR count). The quantitative estimate of drug-likeness (QED) is 0.357. The SMILES string of the molecule is NC(=NCCP(=O)(O)O)Nn1cnc2ccccc21. The minimum Gasteiger partial charge on any atom is -0.369 e. The van der Waals surface area contributed by atoms with Crippen molar-refractivity contribution in [2.45, 2.75) is 0 Å². The van der Waals surface area contributed by atoms with Crippen molar-refractivity contribution in [3.63, 3.8) is 0 Å². The van der Waals surface area contributed by atoms with Gasteiger partial charge in [-0.15, -0.1) is 0 Å². The number of para-hydroxylation sites is 2. The Morgan fingerprint density at radius 2 is 2.21 bits per heavy atom. The predicted molar refractivity (Wildman–Crippen MR) is 72.5 cm³/mol. The number of fused-ring (bicyclic) bond motifs is 1. The van der Waals surface area contributed by atoms with E-state index in [1.165, 1.54) is 0 Å². The second kappa shape index (κ2) is 5.40. The Balaban J connectivity index is 2.04. The number of benzene rings is 1. The fourth-order valence-electron chi connectivity index (χ4n) is 1.51. The van der Waals surface area contributed by atoms with Crippen LogP contribution in [0.15, 0.2) is 35.6 Å². The topological polar surface area (TPSA) is 126 Å². The summed E-state index contributed by atoms with van der Waals surface area (Å²) in [5, 5.41) is 0. The first-order chi connectivity index (χ1) is 8.96. The fraction of sp³-hybridized carbons (Fsp3) is 0.200. The maximum absolute atomic E-state index is 10.7. The Kier molecular flexibility index (Phi) is 3.84. The molecule has 0 saturated heterocycles. The molecule has 102 valence electrons. The standard InChI is InChI=1S/C10H14N5O3P/c11-10(12-5-6-19(16,17)18)14-15-7-13-8-3-1-2-4-9(8)15/h1-4,7H,5-6H2,(H3,11,12,14)(H2,16,17,18).